The lowest BCUT2D eigenvalue weighted by molar-refractivity contribution is -0.131. The van der Waals surface area contributed by atoms with Crippen LogP contribution in [0.25, 0.3) is 6.08 Å². The number of aldehydes is 1. The largest absolute Gasteiger partial charge is 0.478 e. The number of carboxylic acid groups (broad SMARTS) is 1. The van der Waals surface area contributed by atoms with Crippen LogP contribution in [0.5, 0.6) is 0 Å². The van der Waals surface area contributed by atoms with Crippen LogP contribution in [0.1, 0.15) is 23.1 Å². The highest BCUT2D eigenvalue weighted by molar-refractivity contribution is 5.86. The van der Waals surface area contributed by atoms with E-state index in [1.807, 2.05) is 25.1 Å². The zero-order chi connectivity index (χ0) is 12.0. The SMILES string of the molecule is Cc1cccc(CCC=O)c1/C=C/C(=O)O. The molecule has 0 unspecified atom stereocenters. The molecule has 3 heteroatoms. The van der Waals surface area contributed by atoms with E-state index in [2.05, 4.69) is 0 Å². The lowest BCUT2D eigenvalue weighted by Gasteiger charge is -2.07. The van der Waals surface area contributed by atoms with Gasteiger partial charge in [-0.3, -0.25) is 0 Å². The van der Waals surface area contributed by atoms with Crippen molar-refractivity contribution in [2.24, 2.45) is 0 Å². The second-order valence-corrected chi connectivity index (χ2v) is 3.52. The Morgan fingerprint density at radius 2 is 2.19 bits per heavy atom. The molecule has 0 saturated carbocycles. The minimum Gasteiger partial charge on any atom is -0.478 e. The molecule has 1 rings (SSSR count). The molecule has 0 atom stereocenters. The Kier molecular flexibility index (Phi) is 4.45. The predicted molar refractivity (Wildman–Crippen MR) is 62.2 cm³/mol. The summed E-state index contributed by atoms with van der Waals surface area (Å²) in [6.45, 7) is 1.92. The number of carbonyl (C=O) groups excluding carboxylic acids is 1. The molecule has 1 N–H and O–H groups in total. The van der Waals surface area contributed by atoms with Gasteiger partial charge in [-0.15, -0.1) is 0 Å². The first kappa shape index (κ1) is 12.2. The molecule has 0 saturated heterocycles. The summed E-state index contributed by atoms with van der Waals surface area (Å²) in [4.78, 5) is 20.8. The van der Waals surface area contributed by atoms with Gasteiger partial charge in [-0.05, 0) is 36.1 Å². The highest BCUT2D eigenvalue weighted by atomic mass is 16.4. The summed E-state index contributed by atoms with van der Waals surface area (Å²) in [5.41, 5.74) is 2.91. The highest BCUT2D eigenvalue weighted by Crippen LogP contribution is 2.17. The summed E-state index contributed by atoms with van der Waals surface area (Å²) in [6.07, 6.45) is 4.67. The van der Waals surface area contributed by atoms with Crippen molar-refractivity contribution in [2.75, 3.05) is 0 Å². The maximum atomic E-state index is 10.5. The van der Waals surface area contributed by atoms with E-state index in [1.54, 1.807) is 6.08 Å². The van der Waals surface area contributed by atoms with Crippen molar-refractivity contribution in [3.63, 3.8) is 0 Å². The third-order valence-electron chi connectivity index (χ3n) is 2.34. The molecule has 0 bridgehead atoms. The van der Waals surface area contributed by atoms with Gasteiger partial charge in [0.15, 0.2) is 0 Å². The minimum absolute atomic E-state index is 0.456. The standard InChI is InChI=1S/C13H14O3/c1-10-4-2-5-11(6-3-9-14)12(10)7-8-13(15)16/h2,4-5,7-9H,3,6H2,1H3,(H,15,16)/b8-7+. The number of aliphatic carboxylic acids is 1. The van der Waals surface area contributed by atoms with Crippen LogP contribution in [0.15, 0.2) is 24.3 Å². The Balaban J connectivity index is 3.02. The topological polar surface area (TPSA) is 54.4 Å². The molecule has 3 nitrogen and oxygen atoms in total. The summed E-state index contributed by atoms with van der Waals surface area (Å²) < 4.78 is 0. The van der Waals surface area contributed by atoms with Crippen LogP contribution >= 0.6 is 0 Å². The molecule has 0 spiro atoms. The minimum atomic E-state index is -0.968. The van der Waals surface area contributed by atoms with E-state index in [9.17, 15) is 9.59 Å². The number of rotatable bonds is 5. The fourth-order valence-corrected chi connectivity index (χ4v) is 1.57. The van der Waals surface area contributed by atoms with Crippen LogP contribution in [0.3, 0.4) is 0 Å². The van der Waals surface area contributed by atoms with Crippen molar-refractivity contribution in [2.45, 2.75) is 19.8 Å². The lowest BCUT2D eigenvalue weighted by Crippen LogP contribution is -1.94. The monoisotopic (exact) mass is 218 g/mol. The molecule has 0 radical (unpaired) electrons. The second kappa shape index (κ2) is 5.85. The van der Waals surface area contributed by atoms with Crippen LogP contribution in [0, 0.1) is 6.92 Å². The first-order valence-electron chi connectivity index (χ1n) is 5.08. The number of carbonyl (C=O) groups is 2. The van der Waals surface area contributed by atoms with Gasteiger partial charge >= 0.3 is 5.97 Å². The van der Waals surface area contributed by atoms with Gasteiger partial charge in [0.05, 0.1) is 0 Å². The van der Waals surface area contributed by atoms with Gasteiger partial charge in [-0.2, -0.15) is 0 Å². The van der Waals surface area contributed by atoms with Gasteiger partial charge in [0, 0.05) is 12.5 Å². The van der Waals surface area contributed by atoms with E-state index >= 15 is 0 Å². The average Bonchev–Trinajstić information content (AvgIpc) is 2.24. The maximum absolute atomic E-state index is 10.5. The van der Waals surface area contributed by atoms with Crippen LogP contribution < -0.4 is 0 Å². The van der Waals surface area contributed by atoms with Crippen molar-refractivity contribution in [1.82, 2.24) is 0 Å². The van der Waals surface area contributed by atoms with E-state index in [4.69, 9.17) is 5.11 Å². The molecule has 0 fully saturated rings. The molecule has 0 aliphatic rings. The first-order chi connectivity index (χ1) is 7.65. The van der Waals surface area contributed by atoms with Crippen molar-refractivity contribution in [3.05, 3.63) is 41.0 Å². The summed E-state index contributed by atoms with van der Waals surface area (Å²) in [5, 5.41) is 8.59. The molecule has 84 valence electrons. The molecule has 0 aliphatic heterocycles. The zero-order valence-electron chi connectivity index (χ0n) is 9.14. The molecule has 0 aromatic heterocycles. The Hall–Kier alpha value is -1.90. The van der Waals surface area contributed by atoms with Crippen molar-refractivity contribution in [1.29, 1.82) is 0 Å². The Bertz CT molecular complexity index is 419. The number of benzene rings is 1. The fraction of sp³-hybridized carbons (Fsp3) is 0.231. The van der Waals surface area contributed by atoms with Gasteiger partial charge in [0.25, 0.3) is 0 Å². The molecule has 16 heavy (non-hydrogen) atoms. The summed E-state index contributed by atoms with van der Waals surface area (Å²) in [6, 6.07) is 5.75. The number of aryl methyl sites for hydroxylation is 2. The average molecular weight is 218 g/mol. The van der Waals surface area contributed by atoms with Crippen molar-refractivity contribution >= 4 is 18.3 Å². The van der Waals surface area contributed by atoms with E-state index in [-0.39, 0.29) is 0 Å². The Morgan fingerprint density at radius 1 is 1.44 bits per heavy atom. The summed E-state index contributed by atoms with van der Waals surface area (Å²) >= 11 is 0. The van der Waals surface area contributed by atoms with Gasteiger partial charge in [0.2, 0.25) is 0 Å². The van der Waals surface area contributed by atoms with Crippen LogP contribution in [-0.2, 0) is 16.0 Å². The first-order valence-corrected chi connectivity index (χ1v) is 5.08. The van der Waals surface area contributed by atoms with Gasteiger partial charge in [-0.25, -0.2) is 4.79 Å². The Morgan fingerprint density at radius 3 is 2.81 bits per heavy atom. The third kappa shape index (κ3) is 3.35. The quantitative estimate of drug-likeness (QED) is 0.609. The highest BCUT2D eigenvalue weighted by Gasteiger charge is 2.02. The molecule has 1 aromatic rings. The molecular weight excluding hydrogens is 204 g/mol. The normalized spacial score (nSPS) is 10.6. The smallest absolute Gasteiger partial charge is 0.328 e. The lowest BCUT2D eigenvalue weighted by atomic mass is 9.98. The van der Waals surface area contributed by atoms with Crippen molar-refractivity contribution in [3.8, 4) is 0 Å². The van der Waals surface area contributed by atoms with Crippen molar-refractivity contribution < 1.29 is 14.7 Å². The molecule has 1 aromatic carbocycles. The van der Waals surface area contributed by atoms with Gasteiger partial charge < -0.3 is 9.90 Å². The maximum Gasteiger partial charge on any atom is 0.328 e. The number of hydrogen-bond donors (Lipinski definition) is 1. The molecule has 0 heterocycles. The van der Waals surface area contributed by atoms with Gasteiger partial charge in [-0.1, -0.05) is 18.2 Å². The molecule has 0 aliphatic carbocycles. The fourth-order valence-electron chi connectivity index (χ4n) is 1.57. The third-order valence-corrected chi connectivity index (χ3v) is 2.34. The van der Waals surface area contributed by atoms with Gasteiger partial charge in [0.1, 0.15) is 6.29 Å². The molecular formula is C13H14O3. The van der Waals surface area contributed by atoms with Crippen LogP contribution in [0.4, 0.5) is 0 Å². The second-order valence-electron chi connectivity index (χ2n) is 3.52. The number of carboxylic acids is 1. The summed E-state index contributed by atoms with van der Waals surface area (Å²) in [7, 11) is 0. The Labute approximate surface area is 94.4 Å². The summed E-state index contributed by atoms with van der Waals surface area (Å²) in [5.74, 6) is -0.968. The van der Waals surface area contributed by atoms with Crippen LogP contribution in [-0.4, -0.2) is 17.4 Å². The van der Waals surface area contributed by atoms with E-state index in [0.717, 1.165) is 29.1 Å². The number of hydrogen-bond acceptors (Lipinski definition) is 2. The van der Waals surface area contributed by atoms with E-state index in [1.165, 1.54) is 0 Å². The van der Waals surface area contributed by atoms with E-state index < -0.39 is 5.97 Å². The predicted octanol–water partition coefficient (Wildman–Crippen LogP) is 2.22. The van der Waals surface area contributed by atoms with E-state index in [0.29, 0.717) is 12.8 Å². The van der Waals surface area contributed by atoms with Crippen LogP contribution in [0.2, 0.25) is 0 Å². The zero-order valence-corrected chi connectivity index (χ0v) is 9.14. The molecule has 0 amide bonds.